The maximum atomic E-state index is 10.1. The highest BCUT2D eigenvalue weighted by Crippen LogP contribution is 2.45. The second-order valence-corrected chi connectivity index (χ2v) is 4.91. The number of aliphatic hydroxyl groups is 1. The third-order valence-electron chi connectivity index (χ3n) is 3.65. The van der Waals surface area contributed by atoms with Crippen molar-refractivity contribution in [1.82, 2.24) is 4.90 Å². The number of hydrogen-bond acceptors (Lipinski definition) is 3. The van der Waals surface area contributed by atoms with Crippen molar-refractivity contribution in [3.05, 3.63) is 0 Å². The van der Waals surface area contributed by atoms with Gasteiger partial charge in [-0.25, -0.2) is 0 Å². The van der Waals surface area contributed by atoms with Crippen LogP contribution in [0.5, 0.6) is 0 Å². The summed E-state index contributed by atoms with van der Waals surface area (Å²) >= 11 is 0. The van der Waals surface area contributed by atoms with Crippen LogP contribution in [0.4, 0.5) is 0 Å². The van der Waals surface area contributed by atoms with E-state index in [9.17, 15) is 5.11 Å². The standard InChI is InChI=1S/C11H21NO2/c1-9(5-6-14-2)12-7-11(13,8-12)10-3-4-10/h9-10,13H,3-8H2,1-2H3. The van der Waals surface area contributed by atoms with Gasteiger partial charge in [-0.05, 0) is 32.1 Å². The summed E-state index contributed by atoms with van der Waals surface area (Å²) in [5.74, 6) is 0.605. The predicted molar refractivity (Wildman–Crippen MR) is 55.2 cm³/mol. The molecule has 1 unspecified atom stereocenters. The first-order valence-corrected chi connectivity index (χ1v) is 5.61. The summed E-state index contributed by atoms with van der Waals surface area (Å²) in [5, 5.41) is 10.1. The first-order valence-electron chi connectivity index (χ1n) is 5.61. The summed E-state index contributed by atoms with van der Waals surface area (Å²) in [5.41, 5.74) is -0.332. The van der Waals surface area contributed by atoms with Crippen molar-refractivity contribution >= 4 is 0 Å². The van der Waals surface area contributed by atoms with Crippen molar-refractivity contribution in [3.8, 4) is 0 Å². The molecule has 82 valence electrons. The fourth-order valence-corrected chi connectivity index (χ4v) is 2.32. The van der Waals surface area contributed by atoms with Crippen molar-refractivity contribution < 1.29 is 9.84 Å². The monoisotopic (exact) mass is 199 g/mol. The van der Waals surface area contributed by atoms with E-state index in [-0.39, 0.29) is 5.60 Å². The van der Waals surface area contributed by atoms with E-state index in [4.69, 9.17) is 4.74 Å². The van der Waals surface area contributed by atoms with Crippen LogP contribution in [0, 0.1) is 5.92 Å². The Labute approximate surface area is 86.0 Å². The molecule has 0 aromatic heterocycles. The van der Waals surface area contributed by atoms with Crippen LogP contribution in [0.15, 0.2) is 0 Å². The molecule has 0 bridgehead atoms. The molecule has 0 amide bonds. The van der Waals surface area contributed by atoms with Gasteiger partial charge in [-0.1, -0.05) is 0 Å². The molecule has 1 N–H and O–H groups in total. The predicted octanol–water partition coefficient (Wildman–Crippen LogP) is 0.868. The zero-order chi connectivity index (χ0) is 10.2. The second kappa shape index (κ2) is 3.80. The lowest BCUT2D eigenvalue weighted by molar-refractivity contribution is -0.129. The molecular formula is C11H21NO2. The van der Waals surface area contributed by atoms with Crippen LogP contribution in [0.2, 0.25) is 0 Å². The first kappa shape index (κ1) is 10.4. The van der Waals surface area contributed by atoms with Gasteiger partial charge in [0.1, 0.15) is 0 Å². The molecule has 1 atom stereocenters. The fraction of sp³-hybridized carbons (Fsp3) is 1.00. The third kappa shape index (κ3) is 1.95. The Bertz CT molecular complexity index is 197. The number of likely N-dealkylation sites (tertiary alicyclic amines) is 1. The number of β-amino-alcohol motifs (C(OH)–C–C–N with tert-alkyl or cyclic N) is 1. The van der Waals surface area contributed by atoms with Crippen LogP contribution < -0.4 is 0 Å². The van der Waals surface area contributed by atoms with Gasteiger partial charge in [-0.15, -0.1) is 0 Å². The summed E-state index contributed by atoms with van der Waals surface area (Å²) < 4.78 is 5.05. The van der Waals surface area contributed by atoms with E-state index >= 15 is 0 Å². The Balaban J connectivity index is 1.70. The Kier molecular flexibility index (Phi) is 2.82. The van der Waals surface area contributed by atoms with E-state index in [1.165, 1.54) is 12.8 Å². The molecule has 1 aliphatic carbocycles. The minimum absolute atomic E-state index is 0.332. The molecule has 2 aliphatic rings. The van der Waals surface area contributed by atoms with Crippen LogP contribution in [0.3, 0.4) is 0 Å². The third-order valence-corrected chi connectivity index (χ3v) is 3.65. The summed E-state index contributed by atoms with van der Waals surface area (Å²) in [4.78, 5) is 2.36. The Hall–Kier alpha value is -0.120. The zero-order valence-electron chi connectivity index (χ0n) is 9.20. The summed E-state index contributed by atoms with van der Waals surface area (Å²) in [6, 6.07) is 0.550. The van der Waals surface area contributed by atoms with Gasteiger partial charge in [0.15, 0.2) is 0 Å². The van der Waals surface area contributed by atoms with Crippen molar-refractivity contribution in [2.45, 2.75) is 37.8 Å². The highest BCUT2D eigenvalue weighted by Gasteiger charge is 2.52. The average molecular weight is 199 g/mol. The van der Waals surface area contributed by atoms with Gasteiger partial charge in [0, 0.05) is 32.8 Å². The van der Waals surface area contributed by atoms with Gasteiger partial charge >= 0.3 is 0 Å². The van der Waals surface area contributed by atoms with Gasteiger partial charge in [0.05, 0.1) is 5.60 Å². The lowest BCUT2D eigenvalue weighted by atomic mass is 9.87. The minimum atomic E-state index is -0.332. The number of nitrogens with zero attached hydrogens (tertiary/aromatic N) is 1. The molecule has 3 nitrogen and oxygen atoms in total. The molecule has 0 aromatic carbocycles. The van der Waals surface area contributed by atoms with Crippen molar-refractivity contribution in [1.29, 1.82) is 0 Å². The second-order valence-electron chi connectivity index (χ2n) is 4.91. The number of hydrogen-bond donors (Lipinski definition) is 1. The number of methoxy groups -OCH3 is 1. The molecule has 2 rings (SSSR count). The van der Waals surface area contributed by atoms with Crippen LogP contribution in [-0.2, 0) is 4.74 Å². The average Bonchev–Trinajstić information content (AvgIpc) is 2.92. The van der Waals surface area contributed by atoms with Crippen LogP contribution in [-0.4, -0.2) is 48.5 Å². The maximum Gasteiger partial charge on any atom is 0.0928 e. The molecule has 1 saturated carbocycles. The molecule has 1 heterocycles. The normalized spacial score (nSPS) is 28.5. The minimum Gasteiger partial charge on any atom is -0.387 e. The van der Waals surface area contributed by atoms with E-state index in [2.05, 4.69) is 11.8 Å². The van der Waals surface area contributed by atoms with Crippen molar-refractivity contribution in [3.63, 3.8) is 0 Å². The smallest absolute Gasteiger partial charge is 0.0928 e. The van der Waals surface area contributed by atoms with Crippen molar-refractivity contribution in [2.75, 3.05) is 26.8 Å². The van der Waals surface area contributed by atoms with E-state index in [0.29, 0.717) is 12.0 Å². The number of ether oxygens (including phenoxy) is 1. The molecule has 0 aromatic rings. The maximum absolute atomic E-state index is 10.1. The largest absolute Gasteiger partial charge is 0.387 e. The van der Waals surface area contributed by atoms with Gasteiger partial charge < -0.3 is 9.84 Å². The van der Waals surface area contributed by atoms with E-state index in [0.717, 1.165) is 26.1 Å². The fourth-order valence-electron chi connectivity index (χ4n) is 2.32. The topological polar surface area (TPSA) is 32.7 Å². The highest BCUT2D eigenvalue weighted by atomic mass is 16.5. The van der Waals surface area contributed by atoms with Crippen LogP contribution in [0.25, 0.3) is 0 Å². The van der Waals surface area contributed by atoms with Gasteiger partial charge in [-0.3, -0.25) is 4.90 Å². The SMILES string of the molecule is COCCC(C)N1CC(O)(C2CC2)C1. The molecule has 0 spiro atoms. The van der Waals surface area contributed by atoms with Crippen molar-refractivity contribution in [2.24, 2.45) is 5.92 Å². The Morgan fingerprint density at radius 3 is 2.64 bits per heavy atom. The Morgan fingerprint density at radius 1 is 1.50 bits per heavy atom. The van der Waals surface area contributed by atoms with E-state index < -0.39 is 0 Å². The quantitative estimate of drug-likeness (QED) is 0.713. The number of rotatable bonds is 5. The lowest BCUT2D eigenvalue weighted by Gasteiger charge is -2.50. The summed E-state index contributed by atoms with van der Waals surface area (Å²) in [6.45, 7) is 4.79. The molecular weight excluding hydrogens is 178 g/mol. The van der Waals surface area contributed by atoms with Crippen LogP contribution in [0.1, 0.15) is 26.2 Å². The van der Waals surface area contributed by atoms with E-state index in [1.54, 1.807) is 7.11 Å². The van der Waals surface area contributed by atoms with Gasteiger partial charge in [-0.2, -0.15) is 0 Å². The highest BCUT2D eigenvalue weighted by molar-refractivity contribution is 5.06. The Morgan fingerprint density at radius 2 is 2.14 bits per heavy atom. The van der Waals surface area contributed by atoms with E-state index in [1.807, 2.05) is 0 Å². The molecule has 0 radical (unpaired) electrons. The molecule has 1 saturated heterocycles. The summed E-state index contributed by atoms with van der Waals surface area (Å²) in [7, 11) is 1.74. The lowest BCUT2D eigenvalue weighted by Crippen LogP contribution is -2.65. The van der Waals surface area contributed by atoms with Gasteiger partial charge in [0.2, 0.25) is 0 Å². The molecule has 1 aliphatic heterocycles. The molecule has 3 heteroatoms. The molecule has 2 fully saturated rings. The summed E-state index contributed by atoms with van der Waals surface area (Å²) in [6.07, 6.45) is 3.53. The van der Waals surface area contributed by atoms with Crippen LogP contribution >= 0.6 is 0 Å². The van der Waals surface area contributed by atoms with Gasteiger partial charge in [0.25, 0.3) is 0 Å². The molecule has 14 heavy (non-hydrogen) atoms. The zero-order valence-corrected chi connectivity index (χ0v) is 9.20. The first-order chi connectivity index (χ1) is 6.65.